The Morgan fingerprint density at radius 2 is 2.67 bits per heavy atom. The van der Waals surface area contributed by atoms with Crippen LogP contribution in [0.3, 0.4) is 0 Å². The van der Waals surface area contributed by atoms with Gasteiger partial charge >= 0.3 is 0 Å². The number of rotatable bonds is 2. The van der Waals surface area contributed by atoms with E-state index in [2.05, 4.69) is 9.59 Å². The Balaban J connectivity index is 2.01. The van der Waals surface area contributed by atoms with Crippen molar-refractivity contribution in [3.8, 4) is 0 Å². The number of hydrogen-bond donors (Lipinski definition) is 1. The van der Waals surface area contributed by atoms with Crippen LogP contribution in [-0.4, -0.2) is 52.7 Å². The van der Waals surface area contributed by atoms with Crippen molar-refractivity contribution in [2.45, 2.75) is 6.10 Å². The first kappa shape index (κ1) is 10.5. The molecule has 1 fully saturated rings. The fraction of sp³-hybridized carbons (Fsp3) is 0.625. The van der Waals surface area contributed by atoms with Crippen LogP contribution in [-0.2, 0) is 4.74 Å². The Morgan fingerprint density at radius 3 is 3.33 bits per heavy atom. The van der Waals surface area contributed by atoms with Gasteiger partial charge in [0, 0.05) is 25.0 Å². The van der Waals surface area contributed by atoms with Crippen LogP contribution in [0.4, 0.5) is 0 Å². The number of aromatic nitrogens is 2. The van der Waals surface area contributed by atoms with Gasteiger partial charge in [0.25, 0.3) is 5.91 Å². The molecule has 1 aromatic rings. The van der Waals surface area contributed by atoms with E-state index in [0.29, 0.717) is 31.9 Å². The van der Waals surface area contributed by atoms with Crippen molar-refractivity contribution in [2.75, 3.05) is 26.2 Å². The van der Waals surface area contributed by atoms with Gasteiger partial charge in [-0.3, -0.25) is 4.79 Å². The molecule has 2 N–H and O–H groups in total. The number of carbonyl (C=O) groups excluding carboxylic acids is 1. The minimum absolute atomic E-state index is 0.0608. The molecule has 2 rings (SSSR count). The number of nitrogens with zero attached hydrogens (tertiary/aromatic N) is 3. The van der Waals surface area contributed by atoms with E-state index < -0.39 is 0 Å². The molecule has 0 radical (unpaired) electrons. The van der Waals surface area contributed by atoms with Crippen LogP contribution in [0.1, 0.15) is 10.5 Å². The lowest BCUT2D eigenvalue weighted by molar-refractivity contribution is -0.0169. The average molecular weight is 228 g/mol. The van der Waals surface area contributed by atoms with Crippen molar-refractivity contribution in [2.24, 2.45) is 5.73 Å². The Hall–Kier alpha value is -1.05. The zero-order valence-corrected chi connectivity index (χ0v) is 8.94. The van der Waals surface area contributed by atoms with Crippen LogP contribution in [0, 0.1) is 0 Å². The largest absolute Gasteiger partial charge is 0.373 e. The van der Waals surface area contributed by atoms with E-state index >= 15 is 0 Å². The predicted molar refractivity (Wildman–Crippen MR) is 54.6 cm³/mol. The fourth-order valence-electron chi connectivity index (χ4n) is 1.47. The third-order valence-electron chi connectivity index (χ3n) is 2.27. The standard InChI is InChI=1S/C8H12N4O2S/c9-3-6-4-12(1-2-14-6)8(13)7-5-15-11-10-7/h5-6H,1-4,9H2. The maximum atomic E-state index is 11.9. The summed E-state index contributed by atoms with van der Waals surface area (Å²) < 4.78 is 9.04. The van der Waals surface area contributed by atoms with Crippen LogP contribution < -0.4 is 5.73 Å². The molecule has 0 saturated carbocycles. The molecule has 1 aromatic heterocycles. The van der Waals surface area contributed by atoms with Crippen molar-refractivity contribution in [1.82, 2.24) is 14.5 Å². The molecule has 0 bridgehead atoms. The van der Waals surface area contributed by atoms with Crippen molar-refractivity contribution >= 4 is 17.4 Å². The van der Waals surface area contributed by atoms with Crippen molar-refractivity contribution in [1.29, 1.82) is 0 Å². The third-order valence-corrected chi connectivity index (χ3v) is 2.77. The van der Waals surface area contributed by atoms with Gasteiger partial charge in [-0.2, -0.15) is 0 Å². The Morgan fingerprint density at radius 1 is 1.80 bits per heavy atom. The molecule has 7 heteroatoms. The predicted octanol–water partition coefficient (Wildman–Crippen LogP) is -0.662. The van der Waals surface area contributed by atoms with Gasteiger partial charge in [0.15, 0.2) is 5.69 Å². The second-order valence-corrected chi connectivity index (χ2v) is 3.88. The summed E-state index contributed by atoms with van der Waals surface area (Å²) in [6, 6.07) is 0. The Kier molecular flexibility index (Phi) is 3.24. The minimum Gasteiger partial charge on any atom is -0.373 e. The number of carbonyl (C=O) groups is 1. The number of ether oxygens (including phenoxy) is 1. The molecular formula is C8H12N4O2S. The van der Waals surface area contributed by atoms with E-state index in [1.165, 1.54) is 11.5 Å². The fourth-order valence-corrected chi connectivity index (χ4v) is 1.90. The molecule has 1 aliphatic rings. The van der Waals surface area contributed by atoms with Crippen LogP contribution in [0.25, 0.3) is 0 Å². The summed E-state index contributed by atoms with van der Waals surface area (Å²) in [5.41, 5.74) is 5.90. The first-order chi connectivity index (χ1) is 7.31. The molecule has 6 nitrogen and oxygen atoms in total. The van der Waals surface area contributed by atoms with Gasteiger partial charge in [0.1, 0.15) is 0 Å². The lowest BCUT2D eigenvalue weighted by Crippen LogP contribution is -2.48. The topological polar surface area (TPSA) is 81.3 Å². The highest BCUT2D eigenvalue weighted by atomic mass is 32.1. The molecule has 1 saturated heterocycles. The zero-order valence-electron chi connectivity index (χ0n) is 8.13. The highest BCUT2D eigenvalue weighted by Crippen LogP contribution is 2.09. The molecule has 2 heterocycles. The minimum atomic E-state index is -0.0921. The first-order valence-corrected chi connectivity index (χ1v) is 5.53. The van der Waals surface area contributed by atoms with E-state index in [0.717, 1.165) is 0 Å². The number of amides is 1. The lowest BCUT2D eigenvalue weighted by atomic mass is 10.2. The molecule has 1 amide bonds. The van der Waals surface area contributed by atoms with E-state index in [9.17, 15) is 4.79 Å². The van der Waals surface area contributed by atoms with E-state index in [1.54, 1.807) is 10.3 Å². The maximum Gasteiger partial charge on any atom is 0.275 e. The van der Waals surface area contributed by atoms with Gasteiger partial charge in [-0.1, -0.05) is 4.49 Å². The molecular weight excluding hydrogens is 216 g/mol. The van der Waals surface area contributed by atoms with E-state index in [4.69, 9.17) is 10.5 Å². The molecule has 15 heavy (non-hydrogen) atoms. The van der Waals surface area contributed by atoms with Gasteiger partial charge in [-0.05, 0) is 11.5 Å². The summed E-state index contributed by atoms with van der Waals surface area (Å²) in [5.74, 6) is -0.0921. The van der Waals surface area contributed by atoms with Gasteiger partial charge in [-0.25, -0.2) is 0 Å². The quantitative estimate of drug-likeness (QED) is 0.726. The molecule has 82 valence electrons. The second-order valence-electron chi connectivity index (χ2n) is 3.27. The summed E-state index contributed by atoms with van der Waals surface area (Å²) in [5, 5.41) is 5.40. The summed E-state index contributed by atoms with van der Waals surface area (Å²) in [6.45, 7) is 2.09. The number of hydrogen-bond acceptors (Lipinski definition) is 6. The number of morpholine rings is 1. The monoisotopic (exact) mass is 228 g/mol. The highest BCUT2D eigenvalue weighted by Gasteiger charge is 2.25. The second kappa shape index (κ2) is 4.65. The van der Waals surface area contributed by atoms with Gasteiger partial charge in [0.05, 0.1) is 12.7 Å². The van der Waals surface area contributed by atoms with Crippen LogP contribution in [0.2, 0.25) is 0 Å². The number of nitrogens with two attached hydrogens (primary N) is 1. The van der Waals surface area contributed by atoms with Crippen LogP contribution >= 0.6 is 11.5 Å². The summed E-state index contributed by atoms with van der Waals surface area (Å²) in [7, 11) is 0. The van der Waals surface area contributed by atoms with Crippen LogP contribution in [0.5, 0.6) is 0 Å². The van der Waals surface area contributed by atoms with Crippen molar-refractivity contribution in [3.63, 3.8) is 0 Å². The first-order valence-electron chi connectivity index (χ1n) is 4.69. The summed E-state index contributed by atoms with van der Waals surface area (Å²) >= 11 is 1.17. The van der Waals surface area contributed by atoms with Crippen molar-refractivity contribution < 1.29 is 9.53 Å². The summed E-state index contributed by atoms with van der Waals surface area (Å²) in [4.78, 5) is 13.6. The van der Waals surface area contributed by atoms with Crippen LogP contribution in [0.15, 0.2) is 5.38 Å². The third kappa shape index (κ3) is 2.31. The van der Waals surface area contributed by atoms with Gasteiger partial charge in [0.2, 0.25) is 0 Å². The molecule has 0 aromatic carbocycles. The molecule has 0 aliphatic carbocycles. The van der Waals surface area contributed by atoms with E-state index in [1.807, 2.05) is 0 Å². The molecule has 1 unspecified atom stereocenters. The lowest BCUT2D eigenvalue weighted by Gasteiger charge is -2.31. The smallest absolute Gasteiger partial charge is 0.275 e. The van der Waals surface area contributed by atoms with Crippen molar-refractivity contribution in [3.05, 3.63) is 11.1 Å². The Bertz CT molecular complexity index is 329. The summed E-state index contributed by atoms with van der Waals surface area (Å²) in [6.07, 6.45) is -0.0608. The van der Waals surface area contributed by atoms with Gasteiger partial charge < -0.3 is 15.4 Å². The SMILES string of the molecule is NCC1CN(C(=O)c2csnn2)CCO1. The molecule has 1 atom stereocenters. The normalized spacial score (nSPS) is 21.7. The Labute approximate surface area is 91.2 Å². The molecule has 0 spiro atoms. The highest BCUT2D eigenvalue weighted by molar-refractivity contribution is 7.03. The zero-order chi connectivity index (χ0) is 10.7. The molecule has 1 aliphatic heterocycles. The average Bonchev–Trinajstić information content (AvgIpc) is 2.81. The van der Waals surface area contributed by atoms with E-state index in [-0.39, 0.29) is 12.0 Å². The van der Waals surface area contributed by atoms with Gasteiger partial charge in [-0.15, -0.1) is 5.10 Å². The maximum absolute atomic E-state index is 11.9.